The van der Waals surface area contributed by atoms with Gasteiger partial charge in [0.2, 0.25) is 0 Å². The van der Waals surface area contributed by atoms with Crippen LogP contribution >= 0.6 is 0 Å². The Balaban J connectivity index is 1.25. The van der Waals surface area contributed by atoms with E-state index in [0.717, 1.165) is 44.0 Å². The van der Waals surface area contributed by atoms with Gasteiger partial charge in [0.05, 0.1) is 0 Å². The summed E-state index contributed by atoms with van der Waals surface area (Å²) in [6.45, 7) is 12.1. The van der Waals surface area contributed by atoms with Gasteiger partial charge in [0.25, 0.3) is 0 Å². The van der Waals surface area contributed by atoms with Crippen molar-refractivity contribution in [1.29, 1.82) is 0 Å². The standard InChI is InChI=1S/C39H63N3/c1-32(2)20-15-11-9-7-5-6-8-10-12-17-23-37-27-26-36(31-41-37)35(30-33(3)4)21-16-13-14-18-24-38-28-25-34-22-19-29-40-39(34)42-38/h25-28,31-32,35H,3,5-24,29-30H2,1-2,4H3,(H,40,42)/t35-/m0/s1. The molecule has 234 valence electrons. The molecule has 0 aliphatic carbocycles. The molecule has 0 spiro atoms. The first kappa shape index (κ1) is 34.3. The van der Waals surface area contributed by atoms with E-state index in [4.69, 9.17) is 9.97 Å². The van der Waals surface area contributed by atoms with Gasteiger partial charge in [-0.1, -0.05) is 115 Å². The number of rotatable bonds is 23. The van der Waals surface area contributed by atoms with E-state index in [9.17, 15) is 0 Å². The van der Waals surface area contributed by atoms with Gasteiger partial charge in [0.1, 0.15) is 5.82 Å². The van der Waals surface area contributed by atoms with Gasteiger partial charge in [0.15, 0.2) is 0 Å². The van der Waals surface area contributed by atoms with Crippen molar-refractivity contribution >= 4 is 5.82 Å². The van der Waals surface area contributed by atoms with Gasteiger partial charge >= 0.3 is 0 Å². The van der Waals surface area contributed by atoms with Crippen molar-refractivity contribution in [1.82, 2.24) is 9.97 Å². The highest BCUT2D eigenvalue weighted by molar-refractivity contribution is 5.47. The Morgan fingerprint density at radius 2 is 1.36 bits per heavy atom. The minimum atomic E-state index is 0.549. The Hall–Kier alpha value is -2.16. The highest BCUT2D eigenvalue weighted by Gasteiger charge is 2.13. The van der Waals surface area contributed by atoms with Crippen molar-refractivity contribution in [2.45, 2.75) is 162 Å². The van der Waals surface area contributed by atoms with Crippen molar-refractivity contribution in [3.8, 4) is 0 Å². The number of unbranched alkanes of at least 4 members (excludes halogenated alkanes) is 12. The van der Waals surface area contributed by atoms with Crippen LogP contribution in [0.4, 0.5) is 5.82 Å². The summed E-state index contributed by atoms with van der Waals surface area (Å²) in [4.78, 5) is 9.74. The average molecular weight is 574 g/mol. The molecule has 0 aromatic carbocycles. The lowest BCUT2D eigenvalue weighted by molar-refractivity contribution is 0.504. The molecule has 0 saturated carbocycles. The van der Waals surface area contributed by atoms with E-state index >= 15 is 0 Å². The fraction of sp³-hybridized carbons (Fsp3) is 0.692. The van der Waals surface area contributed by atoms with Gasteiger partial charge in [-0.3, -0.25) is 4.98 Å². The molecule has 0 amide bonds. The number of aryl methyl sites for hydroxylation is 3. The lowest BCUT2D eigenvalue weighted by Gasteiger charge is -2.18. The fourth-order valence-electron chi connectivity index (χ4n) is 6.46. The Morgan fingerprint density at radius 3 is 1.98 bits per heavy atom. The van der Waals surface area contributed by atoms with E-state index in [0.29, 0.717) is 5.92 Å². The van der Waals surface area contributed by atoms with Crippen LogP contribution < -0.4 is 5.32 Å². The van der Waals surface area contributed by atoms with Crippen LogP contribution in [0.1, 0.15) is 165 Å². The molecule has 3 rings (SSSR count). The lowest BCUT2D eigenvalue weighted by atomic mass is 9.88. The number of allylic oxidation sites excluding steroid dienone is 1. The highest BCUT2D eigenvalue weighted by atomic mass is 15.0. The molecule has 2 aromatic rings. The number of anilines is 1. The summed E-state index contributed by atoms with van der Waals surface area (Å²) in [7, 11) is 0. The number of hydrogen-bond acceptors (Lipinski definition) is 3. The number of nitrogens with one attached hydrogen (secondary N) is 1. The second-order valence-electron chi connectivity index (χ2n) is 13.7. The summed E-state index contributed by atoms with van der Waals surface area (Å²) in [5, 5.41) is 3.47. The van der Waals surface area contributed by atoms with Crippen LogP contribution in [0, 0.1) is 5.92 Å². The van der Waals surface area contributed by atoms with Gasteiger partial charge in [-0.15, -0.1) is 6.58 Å². The molecule has 0 radical (unpaired) electrons. The molecular formula is C39H63N3. The lowest BCUT2D eigenvalue weighted by Crippen LogP contribution is -2.13. The minimum Gasteiger partial charge on any atom is -0.370 e. The molecule has 42 heavy (non-hydrogen) atoms. The van der Waals surface area contributed by atoms with E-state index in [1.54, 1.807) is 0 Å². The zero-order chi connectivity index (χ0) is 29.8. The maximum atomic E-state index is 4.88. The van der Waals surface area contributed by atoms with Crippen molar-refractivity contribution < 1.29 is 0 Å². The Morgan fingerprint density at radius 1 is 0.762 bits per heavy atom. The molecule has 0 bridgehead atoms. The van der Waals surface area contributed by atoms with Gasteiger partial charge < -0.3 is 5.32 Å². The SMILES string of the molecule is C=C(C)C[C@H](CCCCCCc1ccc2c(n1)NCCC2)c1ccc(CCCCCCCCCCCCC(C)C)nc1. The maximum absolute atomic E-state index is 4.88. The molecule has 0 saturated heterocycles. The Bertz CT molecular complexity index is 993. The molecular weight excluding hydrogens is 510 g/mol. The fourth-order valence-corrected chi connectivity index (χ4v) is 6.46. The summed E-state index contributed by atoms with van der Waals surface area (Å²) >= 11 is 0. The zero-order valence-electron chi connectivity index (χ0n) is 27.7. The molecule has 3 nitrogen and oxygen atoms in total. The molecule has 1 N–H and O–H groups in total. The Labute approximate surface area is 259 Å². The van der Waals surface area contributed by atoms with Crippen molar-refractivity contribution in [3.63, 3.8) is 0 Å². The molecule has 2 aromatic heterocycles. The van der Waals surface area contributed by atoms with Crippen LogP contribution in [0.2, 0.25) is 0 Å². The molecule has 1 aliphatic rings. The smallest absolute Gasteiger partial charge is 0.129 e. The number of pyridine rings is 2. The molecule has 1 aliphatic heterocycles. The molecule has 3 heterocycles. The average Bonchev–Trinajstić information content (AvgIpc) is 2.98. The van der Waals surface area contributed by atoms with Crippen LogP contribution in [0.15, 0.2) is 42.6 Å². The monoisotopic (exact) mass is 574 g/mol. The van der Waals surface area contributed by atoms with Gasteiger partial charge in [-0.25, -0.2) is 4.98 Å². The van der Waals surface area contributed by atoms with Crippen molar-refractivity contribution in [2.24, 2.45) is 5.92 Å². The molecule has 0 unspecified atom stereocenters. The van der Waals surface area contributed by atoms with Crippen LogP contribution in [0.5, 0.6) is 0 Å². The summed E-state index contributed by atoms with van der Waals surface area (Å²) in [5.74, 6) is 2.55. The first-order valence-corrected chi connectivity index (χ1v) is 17.8. The topological polar surface area (TPSA) is 37.8 Å². The predicted molar refractivity (Wildman–Crippen MR) is 184 cm³/mol. The molecule has 0 fully saturated rings. The van der Waals surface area contributed by atoms with Crippen molar-refractivity contribution in [3.05, 3.63) is 65.1 Å². The second-order valence-corrected chi connectivity index (χ2v) is 13.7. The van der Waals surface area contributed by atoms with E-state index < -0.39 is 0 Å². The highest BCUT2D eigenvalue weighted by Crippen LogP contribution is 2.29. The van der Waals surface area contributed by atoms with E-state index in [-0.39, 0.29) is 0 Å². The maximum Gasteiger partial charge on any atom is 0.129 e. The van der Waals surface area contributed by atoms with Gasteiger partial charge in [-0.05, 0) is 93.4 Å². The van der Waals surface area contributed by atoms with Crippen LogP contribution in [-0.2, 0) is 19.3 Å². The number of nitrogens with zero attached hydrogens (tertiary/aromatic N) is 2. The first-order chi connectivity index (χ1) is 20.5. The summed E-state index contributed by atoms with van der Waals surface area (Å²) in [5.41, 5.74) is 6.57. The molecule has 3 heteroatoms. The second kappa shape index (κ2) is 20.7. The van der Waals surface area contributed by atoms with E-state index in [2.05, 4.69) is 63.1 Å². The van der Waals surface area contributed by atoms with Gasteiger partial charge in [0, 0.05) is 24.1 Å². The molecule has 1 atom stereocenters. The van der Waals surface area contributed by atoms with Crippen LogP contribution in [0.3, 0.4) is 0 Å². The Kier molecular flexibility index (Phi) is 16.9. The quantitative estimate of drug-likeness (QED) is 0.106. The summed E-state index contributed by atoms with van der Waals surface area (Å²) in [6, 6.07) is 9.17. The third-order valence-corrected chi connectivity index (χ3v) is 9.07. The minimum absolute atomic E-state index is 0.549. The summed E-state index contributed by atoms with van der Waals surface area (Å²) in [6.07, 6.45) is 29.5. The summed E-state index contributed by atoms with van der Waals surface area (Å²) < 4.78 is 0. The van der Waals surface area contributed by atoms with E-state index in [1.807, 2.05) is 0 Å². The number of aromatic nitrogens is 2. The zero-order valence-corrected chi connectivity index (χ0v) is 27.7. The van der Waals surface area contributed by atoms with Gasteiger partial charge in [-0.2, -0.15) is 0 Å². The van der Waals surface area contributed by atoms with Crippen molar-refractivity contribution in [2.75, 3.05) is 11.9 Å². The third kappa shape index (κ3) is 14.3. The number of fused-ring (bicyclic) bond motifs is 1. The van der Waals surface area contributed by atoms with E-state index in [1.165, 1.54) is 137 Å². The first-order valence-electron chi connectivity index (χ1n) is 17.8. The largest absolute Gasteiger partial charge is 0.370 e. The number of hydrogen-bond donors (Lipinski definition) is 1. The third-order valence-electron chi connectivity index (χ3n) is 9.07. The predicted octanol–water partition coefficient (Wildman–Crippen LogP) is 11.6. The normalized spacial score (nSPS) is 13.6. The van der Waals surface area contributed by atoms with Crippen LogP contribution in [-0.4, -0.2) is 16.5 Å². The van der Waals surface area contributed by atoms with Crippen LogP contribution in [0.25, 0.3) is 0 Å².